The van der Waals surface area contributed by atoms with Crippen LogP contribution in [0.4, 0.5) is 0 Å². The number of unbranched alkanes of at least 4 members (excludes halogenated alkanes) is 1. The predicted molar refractivity (Wildman–Crippen MR) is 265 cm³/mol. The lowest BCUT2D eigenvalue weighted by molar-refractivity contribution is -0.00631. The SMILES string of the molecule is CCCCc1cc(-c2ccccc2-c2cc(C(C)(C)C)cc(C34CC5CC(CC(C5)C3)C4)c2O)nc(-c2ccccc2-c2cc(C(C)(C)C)cc(C34CC5CC(CC(C5)C3)C4)c2O)c1. The topological polar surface area (TPSA) is 53.4 Å². The van der Waals surface area contributed by atoms with Gasteiger partial charge in [0.2, 0.25) is 0 Å². The standard InChI is InChI=1S/C61H73NO2/c1-8-9-14-37-25-54(48-17-12-10-15-46(48)50-27-44(58(2,3)4)29-52(56(50)63)60-31-38-19-39(32-60)21-40(20-38)33-60)62-55(26-37)49-18-13-11-16-47(49)51-28-45(59(5,6)7)30-53(57(51)64)61-34-41-22-42(35-61)24-43(23-41)36-61/h10-13,15-18,25-30,38-43,63-64H,8-9,14,19-24,31-36H2,1-7H3. The molecule has 8 aliphatic carbocycles. The van der Waals surface area contributed by atoms with Crippen LogP contribution in [-0.2, 0) is 28.1 Å². The van der Waals surface area contributed by atoms with Gasteiger partial charge in [-0.3, -0.25) is 0 Å². The van der Waals surface area contributed by atoms with E-state index in [0.29, 0.717) is 11.5 Å². The second-order valence-corrected chi connectivity index (χ2v) is 24.7. The average Bonchev–Trinajstić information content (AvgIpc) is 3.24. The van der Waals surface area contributed by atoms with Crippen molar-refractivity contribution in [3.05, 3.63) is 113 Å². The van der Waals surface area contributed by atoms with Crippen LogP contribution >= 0.6 is 0 Å². The molecule has 5 aromatic rings. The number of aromatic hydroxyl groups is 2. The number of aryl methyl sites for hydroxylation is 1. The smallest absolute Gasteiger partial charge is 0.127 e. The Morgan fingerprint density at radius 1 is 0.484 bits per heavy atom. The van der Waals surface area contributed by atoms with Crippen molar-refractivity contribution in [3.63, 3.8) is 0 Å². The third-order valence-electron chi connectivity index (χ3n) is 17.9. The number of benzene rings is 4. The Hall–Kier alpha value is -4.37. The van der Waals surface area contributed by atoms with Gasteiger partial charge in [-0.1, -0.05) is 116 Å². The molecule has 0 aliphatic heterocycles. The molecule has 2 N–H and O–H groups in total. The summed E-state index contributed by atoms with van der Waals surface area (Å²) in [6, 6.07) is 31.5. The van der Waals surface area contributed by atoms with Gasteiger partial charge >= 0.3 is 0 Å². The fraction of sp³-hybridized carbons (Fsp3) is 0.525. The summed E-state index contributed by atoms with van der Waals surface area (Å²) in [5, 5.41) is 25.6. The van der Waals surface area contributed by atoms with Gasteiger partial charge in [-0.2, -0.15) is 0 Å². The van der Waals surface area contributed by atoms with E-state index in [9.17, 15) is 10.2 Å². The predicted octanol–water partition coefficient (Wildman–Crippen LogP) is 16.0. The number of hydrogen-bond donors (Lipinski definition) is 2. The maximum Gasteiger partial charge on any atom is 0.127 e. The van der Waals surface area contributed by atoms with E-state index in [1.807, 2.05) is 0 Å². The van der Waals surface area contributed by atoms with E-state index in [1.54, 1.807) is 0 Å². The first-order valence-electron chi connectivity index (χ1n) is 25.5. The van der Waals surface area contributed by atoms with Crippen molar-refractivity contribution in [1.29, 1.82) is 0 Å². The van der Waals surface area contributed by atoms with Gasteiger partial charge in [0, 0.05) is 33.4 Å². The number of rotatable bonds is 9. The van der Waals surface area contributed by atoms with Crippen molar-refractivity contribution < 1.29 is 10.2 Å². The first kappa shape index (κ1) is 42.3. The fourth-order valence-electron chi connectivity index (χ4n) is 15.5. The Morgan fingerprint density at radius 3 is 1.16 bits per heavy atom. The Kier molecular flexibility index (Phi) is 10.1. The van der Waals surface area contributed by atoms with Crippen LogP contribution in [-0.4, -0.2) is 15.2 Å². The number of phenols is 2. The van der Waals surface area contributed by atoms with Crippen LogP contribution in [0.5, 0.6) is 11.5 Å². The number of nitrogens with zero attached hydrogens (tertiary/aromatic N) is 1. The van der Waals surface area contributed by atoms with E-state index in [2.05, 4.69) is 133 Å². The summed E-state index contributed by atoms with van der Waals surface area (Å²) in [7, 11) is 0. The van der Waals surface area contributed by atoms with Crippen LogP contribution in [0.3, 0.4) is 0 Å². The highest BCUT2D eigenvalue weighted by atomic mass is 16.3. The zero-order chi connectivity index (χ0) is 44.3. The van der Waals surface area contributed by atoms with E-state index >= 15 is 0 Å². The molecule has 4 aromatic carbocycles. The number of aromatic nitrogens is 1. The van der Waals surface area contributed by atoms with Crippen LogP contribution in [0.25, 0.3) is 44.8 Å². The minimum atomic E-state index is -0.0744. The lowest BCUT2D eigenvalue weighted by Crippen LogP contribution is -2.48. The maximum absolute atomic E-state index is 12.8. The minimum absolute atomic E-state index is 0.0599. The number of pyridine rings is 1. The normalized spacial score (nSPS) is 29.2. The fourth-order valence-corrected chi connectivity index (χ4v) is 15.5. The van der Waals surface area contributed by atoms with E-state index in [-0.39, 0.29) is 21.7 Å². The molecule has 334 valence electrons. The van der Waals surface area contributed by atoms with Crippen LogP contribution in [0.15, 0.2) is 84.9 Å². The van der Waals surface area contributed by atoms with Crippen molar-refractivity contribution in [3.8, 4) is 56.3 Å². The molecule has 0 spiro atoms. The molecule has 0 amide bonds. The third-order valence-corrected chi connectivity index (χ3v) is 17.9. The van der Waals surface area contributed by atoms with Gasteiger partial charge in [0.25, 0.3) is 0 Å². The number of phenolic OH excluding ortho intramolecular Hbond substituents is 2. The third kappa shape index (κ3) is 7.25. The molecule has 0 unspecified atom stereocenters. The van der Waals surface area contributed by atoms with Crippen molar-refractivity contribution in [2.45, 2.75) is 166 Å². The van der Waals surface area contributed by atoms with Crippen LogP contribution in [0.2, 0.25) is 0 Å². The highest BCUT2D eigenvalue weighted by Crippen LogP contribution is 2.64. The summed E-state index contributed by atoms with van der Waals surface area (Å²) in [5.41, 5.74) is 14.2. The molecule has 0 radical (unpaired) electrons. The molecule has 1 aromatic heterocycles. The summed E-state index contributed by atoms with van der Waals surface area (Å²) < 4.78 is 0. The minimum Gasteiger partial charge on any atom is -0.507 e. The lowest BCUT2D eigenvalue weighted by atomic mass is 9.47. The first-order valence-corrected chi connectivity index (χ1v) is 25.5. The molecule has 8 saturated carbocycles. The van der Waals surface area contributed by atoms with Gasteiger partial charge in [0.15, 0.2) is 0 Å². The summed E-state index contributed by atoms with van der Waals surface area (Å²) >= 11 is 0. The summed E-state index contributed by atoms with van der Waals surface area (Å²) in [6.07, 6.45) is 18.7. The molecule has 0 atom stereocenters. The van der Waals surface area contributed by atoms with Gasteiger partial charge in [-0.25, -0.2) is 4.98 Å². The molecular formula is C61H73NO2. The quantitative estimate of drug-likeness (QED) is 0.155. The van der Waals surface area contributed by atoms with Crippen molar-refractivity contribution >= 4 is 0 Å². The van der Waals surface area contributed by atoms with E-state index in [1.165, 1.54) is 105 Å². The molecule has 0 saturated heterocycles. The molecular weight excluding hydrogens is 779 g/mol. The van der Waals surface area contributed by atoms with Crippen LogP contribution in [0, 0.1) is 35.5 Å². The molecule has 3 nitrogen and oxygen atoms in total. The highest BCUT2D eigenvalue weighted by Gasteiger charge is 2.54. The van der Waals surface area contributed by atoms with Crippen LogP contribution in [0.1, 0.15) is 166 Å². The van der Waals surface area contributed by atoms with E-state index in [0.717, 1.165) is 99.5 Å². The average molecular weight is 852 g/mol. The highest BCUT2D eigenvalue weighted by molar-refractivity contribution is 5.89. The van der Waals surface area contributed by atoms with Gasteiger partial charge in [0.1, 0.15) is 11.5 Å². The van der Waals surface area contributed by atoms with Crippen molar-refractivity contribution in [1.82, 2.24) is 4.98 Å². The zero-order valence-electron chi connectivity index (χ0n) is 40.0. The van der Waals surface area contributed by atoms with Gasteiger partial charge in [-0.05, 0) is 199 Å². The lowest BCUT2D eigenvalue weighted by Gasteiger charge is -2.57. The van der Waals surface area contributed by atoms with Crippen molar-refractivity contribution in [2.24, 2.45) is 35.5 Å². The molecule has 8 aliphatic rings. The Morgan fingerprint density at radius 2 is 0.828 bits per heavy atom. The van der Waals surface area contributed by atoms with Gasteiger partial charge in [0.05, 0.1) is 11.4 Å². The van der Waals surface area contributed by atoms with Gasteiger partial charge in [-0.15, -0.1) is 0 Å². The second kappa shape index (κ2) is 15.4. The zero-order valence-corrected chi connectivity index (χ0v) is 40.0. The van der Waals surface area contributed by atoms with E-state index in [4.69, 9.17) is 4.98 Å². The second-order valence-electron chi connectivity index (χ2n) is 24.7. The summed E-state index contributed by atoms with van der Waals surface area (Å²) in [6.45, 7) is 16.2. The summed E-state index contributed by atoms with van der Waals surface area (Å²) in [4.78, 5) is 5.65. The Bertz CT molecular complexity index is 2370. The van der Waals surface area contributed by atoms with Crippen LogP contribution < -0.4 is 0 Å². The molecule has 3 heteroatoms. The molecule has 13 rings (SSSR count). The molecule has 1 heterocycles. The molecule has 8 fully saturated rings. The number of hydrogen-bond acceptors (Lipinski definition) is 3. The Labute approximate surface area is 384 Å². The summed E-state index contributed by atoms with van der Waals surface area (Å²) in [5.74, 6) is 5.71. The van der Waals surface area contributed by atoms with E-state index < -0.39 is 0 Å². The maximum atomic E-state index is 12.8. The Balaban J connectivity index is 1.06. The monoisotopic (exact) mass is 852 g/mol. The first-order chi connectivity index (χ1) is 30.6. The van der Waals surface area contributed by atoms with Crippen molar-refractivity contribution in [2.75, 3.05) is 0 Å². The van der Waals surface area contributed by atoms with Gasteiger partial charge < -0.3 is 10.2 Å². The largest absolute Gasteiger partial charge is 0.507 e. The molecule has 8 bridgehead atoms. The molecule has 64 heavy (non-hydrogen) atoms.